The van der Waals surface area contributed by atoms with Gasteiger partial charge in [-0.1, -0.05) is 12.1 Å². The van der Waals surface area contributed by atoms with Crippen molar-refractivity contribution < 1.29 is 17.9 Å². The van der Waals surface area contributed by atoms with E-state index in [2.05, 4.69) is 10.3 Å². The van der Waals surface area contributed by atoms with Crippen LogP contribution in [0.5, 0.6) is 5.75 Å². The van der Waals surface area contributed by atoms with E-state index in [1.165, 1.54) is 23.4 Å². The third kappa shape index (κ3) is 5.98. The van der Waals surface area contributed by atoms with E-state index in [9.17, 15) is 13.2 Å². The van der Waals surface area contributed by atoms with Crippen molar-refractivity contribution in [2.75, 3.05) is 37.4 Å². The maximum Gasteiger partial charge on any atom is 0.243 e. The molecule has 1 amide bonds. The fourth-order valence-electron chi connectivity index (χ4n) is 3.99. The molecule has 35 heavy (non-hydrogen) atoms. The second-order valence-corrected chi connectivity index (χ2v) is 10.7. The van der Waals surface area contributed by atoms with Crippen LogP contribution in [0.1, 0.15) is 19.8 Å². The molecule has 0 radical (unpaired) electrons. The van der Waals surface area contributed by atoms with E-state index in [0.29, 0.717) is 31.6 Å². The first-order chi connectivity index (χ1) is 16.7. The fraction of sp³-hybridized carbons (Fsp3) is 0.308. The van der Waals surface area contributed by atoms with Crippen LogP contribution < -0.4 is 15.0 Å². The van der Waals surface area contributed by atoms with Crippen molar-refractivity contribution in [2.24, 2.45) is 0 Å². The molecule has 8 nitrogen and oxygen atoms in total. The molecule has 0 atom stereocenters. The number of nitrogens with zero attached hydrogens (tertiary/aromatic N) is 3. The molecule has 0 saturated carbocycles. The summed E-state index contributed by atoms with van der Waals surface area (Å²) in [6.45, 7) is 2.19. The van der Waals surface area contributed by atoms with Crippen LogP contribution in [0.2, 0.25) is 0 Å². The average molecular weight is 495 g/mol. The number of benzene rings is 2. The molecule has 4 rings (SSSR count). The molecule has 2 heterocycles. The summed E-state index contributed by atoms with van der Waals surface area (Å²) < 4.78 is 33.6. The fourth-order valence-corrected chi connectivity index (χ4v) is 5.46. The van der Waals surface area contributed by atoms with Gasteiger partial charge in [0.2, 0.25) is 15.9 Å². The Morgan fingerprint density at radius 1 is 0.971 bits per heavy atom. The third-order valence-electron chi connectivity index (χ3n) is 5.91. The Morgan fingerprint density at radius 2 is 1.60 bits per heavy atom. The van der Waals surface area contributed by atoms with Crippen molar-refractivity contribution >= 4 is 27.4 Å². The van der Waals surface area contributed by atoms with Crippen molar-refractivity contribution in [3.05, 3.63) is 66.9 Å². The minimum Gasteiger partial charge on any atom is -0.490 e. The molecule has 0 bridgehead atoms. The van der Waals surface area contributed by atoms with E-state index in [1.807, 2.05) is 61.6 Å². The number of ether oxygens (including phenoxy) is 1. The Balaban J connectivity index is 1.33. The SMILES string of the molecule is CC(=O)Nc1ccc(S(=O)(=O)N2CCC(Oc3ccc(-c4ccc(N(C)C)nc4)cc3)CC2)cc1. The number of rotatable bonds is 7. The summed E-state index contributed by atoms with van der Waals surface area (Å²) >= 11 is 0. The zero-order chi connectivity index (χ0) is 25.0. The Hall–Kier alpha value is -3.43. The van der Waals surface area contributed by atoms with Crippen LogP contribution in [0.25, 0.3) is 11.1 Å². The van der Waals surface area contributed by atoms with Crippen LogP contribution in [0, 0.1) is 0 Å². The van der Waals surface area contributed by atoms with Crippen molar-refractivity contribution in [1.29, 1.82) is 0 Å². The minimum absolute atomic E-state index is 0.0458. The van der Waals surface area contributed by atoms with Crippen molar-refractivity contribution in [3.8, 4) is 16.9 Å². The first-order valence-electron chi connectivity index (χ1n) is 11.5. The van der Waals surface area contributed by atoms with Crippen LogP contribution in [-0.4, -0.2) is 56.9 Å². The van der Waals surface area contributed by atoms with E-state index >= 15 is 0 Å². The van der Waals surface area contributed by atoms with Crippen LogP contribution in [0.15, 0.2) is 71.8 Å². The summed E-state index contributed by atoms with van der Waals surface area (Å²) in [7, 11) is 0.326. The molecule has 1 aliphatic rings. The number of anilines is 2. The minimum atomic E-state index is -3.59. The lowest BCUT2D eigenvalue weighted by Crippen LogP contribution is -2.41. The van der Waals surface area contributed by atoms with Gasteiger partial charge in [0, 0.05) is 51.6 Å². The van der Waals surface area contributed by atoms with Gasteiger partial charge in [0.05, 0.1) is 4.90 Å². The molecule has 2 aromatic carbocycles. The van der Waals surface area contributed by atoms with Gasteiger partial charge in [-0.15, -0.1) is 0 Å². The monoisotopic (exact) mass is 494 g/mol. The number of aromatic nitrogens is 1. The lowest BCUT2D eigenvalue weighted by atomic mass is 10.1. The molecule has 1 fully saturated rings. The quantitative estimate of drug-likeness (QED) is 0.534. The summed E-state index contributed by atoms with van der Waals surface area (Å²) in [4.78, 5) is 17.8. The number of hydrogen-bond donors (Lipinski definition) is 1. The van der Waals surface area contributed by atoms with Gasteiger partial charge in [0.25, 0.3) is 0 Å². The molecule has 0 spiro atoms. The van der Waals surface area contributed by atoms with E-state index < -0.39 is 10.0 Å². The summed E-state index contributed by atoms with van der Waals surface area (Å²) in [5.41, 5.74) is 2.66. The van der Waals surface area contributed by atoms with Crippen molar-refractivity contribution in [1.82, 2.24) is 9.29 Å². The van der Waals surface area contributed by atoms with E-state index in [4.69, 9.17) is 4.74 Å². The molecule has 184 valence electrons. The first kappa shape index (κ1) is 24.7. The molecule has 3 aromatic rings. The standard InChI is InChI=1S/C26H30N4O4S/c1-19(31)28-22-7-11-25(12-8-22)35(32,33)30-16-14-24(15-17-30)34-23-9-4-20(5-10-23)21-6-13-26(27-18-21)29(2)3/h4-13,18,24H,14-17H2,1-3H3,(H,28,31). The highest BCUT2D eigenvalue weighted by atomic mass is 32.2. The molecule has 1 N–H and O–H groups in total. The Labute approximate surface area is 206 Å². The number of amides is 1. The highest BCUT2D eigenvalue weighted by molar-refractivity contribution is 7.89. The van der Waals surface area contributed by atoms with E-state index in [1.54, 1.807) is 12.1 Å². The van der Waals surface area contributed by atoms with Crippen molar-refractivity contribution in [3.63, 3.8) is 0 Å². The molecule has 1 aliphatic heterocycles. The lowest BCUT2D eigenvalue weighted by molar-refractivity contribution is -0.114. The van der Waals surface area contributed by atoms with Gasteiger partial charge in [-0.3, -0.25) is 4.79 Å². The topological polar surface area (TPSA) is 91.8 Å². The highest BCUT2D eigenvalue weighted by Crippen LogP contribution is 2.27. The lowest BCUT2D eigenvalue weighted by Gasteiger charge is -2.31. The van der Waals surface area contributed by atoms with Gasteiger partial charge >= 0.3 is 0 Å². The second kappa shape index (κ2) is 10.5. The van der Waals surface area contributed by atoms with Gasteiger partial charge in [-0.2, -0.15) is 4.31 Å². The van der Waals surface area contributed by atoms with E-state index in [0.717, 1.165) is 22.7 Å². The van der Waals surface area contributed by atoms with Crippen molar-refractivity contribution in [2.45, 2.75) is 30.8 Å². The van der Waals surface area contributed by atoms with Crippen LogP contribution in [0.3, 0.4) is 0 Å². The smallest absolute Gasteiger partial charge is 0.243 e. The zero-order valence-corrected chi connectivity index (χ0v) is 21.0. The van der Waals surface area contributed by atoms with Gasteiger partial charge < -0.3 is 15.0 Å². The molecule has 0 unspecified atom stereocenters. The number of piperidine rings is 1. The average Bonchev–Trinajstić information content (AvgIpc) is 2.85. The van der Waals surface area contributed by atoms with Gasteiger partial charge in [-0.25, -0.2) is 13.4 Å². The third-order valence-corrected chi connectivity index (χ3v) is 7.82. The molecule has 1 saturated heterocycles. The zero-order valence-electron chi connectivity index (χ0n) is 20.1. The van der Waals surface area contributed by atoms with E-state index in [-0.39, 0.29) is 16.9 Å². The molecule has 0 aliphatic carbocycles. The summed E-state index contributed by atoms with van der Waals surface area (Å²) in [6.07, 6.45) is 3.03. The summed E-state index contributed by atoms with van der Waals surface area (Å²) in [5, 5.41) is 2.64. The van der Waals surface area contributed by atoms with Gasteiger partial charge in [0.15, 0.2) is 0 Å². The Morgan fingerprint density at radius 3 is 2.14 bits per heavy atom. The van der Waals surface area contributed by atoms with Gasteiger partial charge in [0.1, 0.15) is 17.7 Å². The Kier molecular flexibility index (Phi) is 7.37. The maximum atomic E-state index is 13.0. The van der Waals surface area contributed by atoms with Crippen LogP contribution in [-0.2, 0) is 14.8 Å². The number of carbonyl (C=O) groups excluding carboxylic acids is 1. The number of carbonyl (C=O) groups is 1. The first-order valence-corrected chi connectivity index (χ1v) is 12.9. The molecular weight excluding hydrogens is 464 g/mol. The van der Waals surface area contributed by atoms with Crippen LogP contribution >= 0.6 is 0 Å². The normalized spacial score (nSPS) is 14.9. The highest BCUT2D eigenvalue weighted by Gasteiger charge is 2.30. The molecule has 1 aromatic heterocycles. The number of nitrogens with one attached hydrogen (secondary N) is 1. The second-order valence-electron chi connectivity index (χ2n) is 8.75. The molecular formula is C26H30N4O4S. The number of pyridine rings is 1. The van der Waals surface area contributed by atoms with Crippen LogP contribution in [0.4, 0.5) is 11.5 Å². The predicted octanol–water partition coefficient (Wildman–Crippen LogP) is 4.01. The maximum absolute atomic E-state index is 13.0. The Bertz CT molecular complexity index is 1250. The number of hydrogen-bond acceptors (Lipinski definition) is 6. The number of sulfonamides is 1. The summed E-state index contributed by atoms with van der Waals surface area (Å²) in [5.74, 6) is 1.47. The van der Waals surface area contributed by atoms with Gasteiger partial charge in [-0.05, 0) is 66.9 Å². The molecule has 9 heteroatoms. The largest absolute Gasteiger partial charge is 0.490 e. The summed E-state index contributed by atoms with van der Waals surface area (Å²) in [6, 6.07) is 18.2. The predicted molar refractivity (Wildman–Crippen MR) is 137 cm³/mol.